The molecule has 1 aromatic carbocycles. The average molecular weight is 324 g/mol. The van der Waals surface area contributed by atoms with E-state index in [4.69, 9.17) is 5.73 Å². The van der Waals surface area contributed by atoms with E-state index in [0.29, 0.717) is 0 Å². The Balaban J connectivity index is 3.25. The molecule has 114 valence electrons. The van der Waals surface area contributed by atoms with Gasteiger partial charge < -0.3 is 5.73 Å². The minimum Gasteiger partial charge on any atom is -0.324 e. The maximum absolute atomic E-state index is 13.6. The molecule has 0 saturated carbocycles. The number of halogens is 1. The molecule has 0 aliphatic rings. The highest BCUT2D eigenvalue weighted by Gasteiger charge is 2.23. The van der Waals surface area contributed by atoms with Crippen molar-refractivity contribution in [2.24, 2.45) is 5.73 Å². The predicted octanol–water partition coefficient (Wildman–Crippen LogP) is 0.245. The third-order valence-electron chi connectivity index (χ3n) is 2.34. The van der Waals surface area contributed by atoms with E-state index >= 15 is 0 Å². The number of sulfonamides is 1. The minimum absolute atomic E-state index is 0.113. The van der Waals surface area contributed by atoms with Crippen LogP contribution in [-0.4, -0.2) is 35.2 Å². The Morgan fingerprint density at radius 3 is 2.25 bits per heavy atom. The molecule has 0 atom stereocenters. The van der Waals surface area contributed by atoms with Crippen molar-refractivity contribution in [2.45, 2.75) is 29.2 Å². The summed E-state index contributed by atoms with van der Waals surface area (Å²) in [7, 11) is -7.81. The Morgan fingerprint density at radius 2 is 1.80 bits per heavy atom. The van der Waals surface area contributed by atoms with Crippen molar-refractivity contribution in [1.82, 2.24) is 4.72 Å². The van der Waals surface area contributed by atoms with Gasteiger partial charge in [-0.05, 0) is 32.0 Å². The van der Waals surface area contributed by atoms with Crippen molar-refractivity contribution in [3.05, 3.63) is 24.0 Å². The Bertz CT molecular complexity index is 706. The number of nitrogens with two attached hydrogens (primary N) is 1. The number of hydrogen-bond donors (Lipinski definition) is 2. The molecule has 3 N–H and O–H groups in total. The summed E-state index contributed by atoms with van der Waals surface area (Å²) in [6, 6.07) is 2.60. The molecule has 0 radical (unpaired) electrons. The topological polar surface area (TPSA) is 106 Å². The van der Waals surface area contributed by atoms with E-state index in [1.807, 2.05) is 0 Å². The van der Waals surface area contributed by atoms with Crippen LogP contribution in [0.2, 0.25) is 0 Å². The van der Waals surface area contributed by atoms with Crippen LogP contribution in [0, 0.1) is 5.82 Å². The quantitative estimate of drug-likeness (QED) is 0.755. The monoisotopic (exact) mass is 324 g/mol. The fourth-order valence-corrected chi connectivity index (χ4v) is 3.33. The van der Waals surface area contributed by atoms with Gasteiger partial charge in [0.2, 0.25) is 10.0 Å². The first-order valence-electron chi connectivity index (χ1n) is 5.61. The van der Waals surface area contributed by atoms with E-state index in [-0.39, 0.29) is 11.4 Å². The Kier molecular flexibility index (Phi) is 4.59. The third-order valence-corrected chi connectivity index (χ3v) is 4.86. The summed E-state index contributed by atoms with van der Waals surface area (Å²) in [6.45, 7) is 3.08. The lowest BCUT2D eigenvalue weighted by Gasteiger charge is -2.19. The van der Waals surface area contributed by atoms with Crippen LogP contribution in [0.4, 0.5) is 4.39 Å². The molecule has 0 bridgehead atoms. The van der Waals surface area contributed by atoms with Crippen molar-refractivity contribution < 1.29 is 21.2 Å². The highest BCUT2D eigenvalue weighted by atomic mass is 32.2. The Morgan fingerprint density at radius 1 is 1.25 bits per heavy atom. The molecular formula is C11H17FN2O4S2. The van der Waals surface area contributed by atoms with Gasteiger partial charge in [-0.2, -0.15) is 0 Å². The molecule has 9 heteroatoms. The smallest absolute Gasteiger partial charge is 0.243 e. The summed E-state index contributed by atoms with van der Waals surface area (Å²) in [5.74, 6) is -1.03. The molecule has 0 unspecified atom stereocenters. The van der Waals surface area contributed by atoms with Crippen LogP contribution in [0.5, 0.6) is 0 Å². The lowest BCUT2D eigenvalue weighted by atomic mass is 10.1. The molecule has 20 heavy (non-hydrogen) atoms. The highest BCUT2D eigenvalue weighted by molar-refractivity contribution is 7.91. The summed E-state index contributed by atoms with van der Waals surface area (Å²) >= 11 is 0. The van der Waals surface area contributed by atoms with Gasteiger partial charge in [0.15, 0.2) is 9.84 Å². The molecular weight excluding hydrogens is 307 g/mol. The molecule has 0 aromatic heterocycles. The molecule has 0 aliphatic carbocycles. The van der Waals surface area contributed by atoms with E-state index in [1.54, 1.807) is 13.8 Å². The normalized spacial score (nSPS) is 13.4. The van der Waals surface area contributed by atoms with Crippen LogP contribution in [0.25, 0.3) is 0 Å². The second-order valence-electron chi connectivity index (χ2n) is 5.18. The molecule has 0 amide bonds. The molecule has 0 aliphatic heterocycles. The standard InChI is InChI=1S/C11H17FN2O4S2/c1-11(2,13)7-14-20(17,18)10-6-8(19(3,15)16)4-5-9(10)12/h4-6,14H,7,13H2,1-3H3. The van der Waals surface area contributed by atoms with E-state index in [0.717, 1.165) is 24.5 Å². The summed E-state index contributed by atoms with van der Waals surface area (Å²) in [4.78, 5) is -0.990. The summed E-state index contributed by atoms with van der Waals surface area (Å²) < 4.78 is 62.5. The maximum atomic E-state index is 13.6. The van der Waals surface area contributed by atoms with Gasteiger partial charge in [-0.15, -0.1) is 0 Å². The first-order chi connectivity index (χ1) is 8.83. The van der Waals surface area contributed by atoms with Gasteiger partial charge in [-0.25, -0.2) is 25.9 Å². The van der Waals surface area contributed by atoms with Crippen molar-refractivity contribution in [3.8, 4) is 0 Å². The van der Waals surface area contributed by atoms with E-state index in [1.165, 1.54) is 0 Å². The lowest BCUT2D eigenvalue weighted by Crippen LogP contribution is -2.45. The molecule has 0 heterocycles. The van der Waals surface area contributed by atoms with Crippen molar-refractivity contribution in [2.75, 3.05) is 12.8 Å². The molecule has 1 rings (SSSR count). The summed E-state index contributed by atoms with van der Waals surface area (Å²) in [6.07, 6.45) is 0.910. The van der Waals surface area contributed by atoms with Crippen molar-refractivity contribution >= 4 is 19.9 Å². The summed E-state index contributed by atoms with van der Waals surface area (Å²) in [5.41, 5.74) is 4.82. The van der Waals surface area contributed by atoms with E-state index in [2.05, 4.69) is 4.72 Å². The number of nitrogens with one attached hydrogen (secondary N) is 1. The molecule has 1 aromatic rings. The van der Waals surface area contributed by atoms with Crippen LogP contribution in [0.1, 0.15) is 13.8 Å². The third kappa shape index (κ3) is 4.51. The predicted molar refractivity (Wildman–Crippen MR) is 73.0 cm³/mol. The zero-order chi connectivity index (χ0) is 15.8. The first-order valence-corrected chi connectivity index (χ1v) is 8.98. The SMILES string of the molecule is CC(C)(N)CNS(=O)(=O)c1cc(S(C)(=O)=O)ccc1F. The molecule has 0 saturated heterocycles. The van der Waals surface area contributed by atoms with Gasteiger partial charge in [0.05, 0.1) is 4.90 Å². The lowest BCUT2D eigenvalue weighted by molar-refractivity contribution is 0.494. The van der Waals surface area contributed by atoms with E-state index in [9.17, 15) is 21.2 Å². The van der Waals surface area contributed by atoms with Gasteiger partial charge >= 0.3 is 0 Å². The number of sulfone groups is 1. The summed E-state index contributed by atoms with van der Waals surface area (Å²) in [5, 5.41) is 0. The van der Waals surface area contributed by atoms with Crippen LogP contribution in [-0.2, 0) is 19.9 Å². The second kappa shape index (κ2) is 5.40. The largest absolute Gasteiger partial charge is 0.324 e. The van der Waals surface area contributed by atoms with Gasteiger partial charge in [-0.3, -0.25) is 0 Å². The van der Waals surface area contributed by atoms with Gasteiger partial charge in [0.25, 0.3) is 0 Å². The first kappa shape index (κ1) is 17.0. The van der Waals surface area contributed by atoms with Crippen LogP contribution >= 0.6 is 0 Å². The van der Waals surface area contributed by atoms with Crippen LogP contribution in [0.15, 0.2) is 28.0 Å². The number of benzene rings is 1. The average Bonchev–Trinajstić information content (AvgIpc) is 2.24. The fraction of sp³-hybridized carbons (Fsp3) is 0.455. The highest BCUT2D eigenvalue weighted by Crippen LogP contribution is 2.19. The van der Waals surface area contributed by atoms with Crippen molar-refractivity contribution in [1.29, 1.82) is 0 Å². The molecule has 6 nitrogen and oxygen atoms in total. The van der Waals surface area contributed by atoms with Gasteiger partial charge in [0.1, 0.15) is 10.7 Å². The number of rotatable bonds is 5. The minimum atomic E-state index is -4.18. The second-order valence-corrected chi connectivity index (χ2v) is 8.93. The van der Waals surface area contributed by atoms with E-state index < -0.39 is 36.1 Å². The maximum Gasteiger partial charge on any atom is 0.243 e. The fourth-order valence-electron chi connectivity index (χ4n) is 1.28. The van der Waals surface area contributed by atoms with Crippen molar-refractivity contribution in [3.63, 3.8) is 0 Å². The number of hydrogen-bond acceptors (Lipinski definition) is 5. The molecule has 0 spiro atoms. The molecule has 0 fully saturated rings. The van der Waals surface area contributed by atoms with Gasteiger partial charge in [0, 0.05) is 18.3 Å². The zero-order valence-corrected chi connectivity index (χ0v) is 13.0. The Labute approximate surface area is 118 Å². The van der Waals surface area contributed by atoms with Gasteiger partial charge in [-0.1, -0.05) is 0 Å². The van der Waals surface area contributed by atoms with Crippen LogP contribution in [0.3, 0.4) is 0 Å². The Hall–Kier alpha value is -1.03. The zero-order valence-electron chi connectivity index (χ0n) is 11.3. The van der Waals surface area contributed by atoms with Crippen LogP contribution < -0.4 is 10.5 Å².